The van der Waals surface area contributed by atoms with Crippen LogP contribution in [-0.4, -0.2) is 56.8 Å². The third kappa shape index (κ3) is 6.75. The highest BCUT2D eigenvalue weighted by Crippen LogP contribution is 2.41. The number of nitrogens with one attached hydrogen (secondary N) is 1. The van der Waals surface area contributed by atoms with Crippen molar-refractivity contribution in [2.45, 2.75) is 45.6 Å². The largest absolute Gasteiger partial charge is 0.392 e. The molecule has 5 aromatic rings. The number of hydrogen-bond acceptors (Lipinski definition) is 7. The highest BCUT2D eigenvalue weighted by Gasteiger charge is 2.25. The van der Waals surface area contributed by atoms with Crippen molar-refractivity contribution < 1.29 is 9.50 Å². The van der Waals surface area contributed by atoms with Crippen LogP contribution < -0.4 is 21.3 Å². The van der Waals surface area contributed by atoms with Crippen molar-refractivity contribution in [1.29, 1.82) is 0 Å². The van der Waals surface area contributed by atoms with Crippen LogP contribution in [0.1, 0.15) is 50.2 Å². The summed E-state index contributed by atoms with van der Waals surface area (Å²) in [7, 11) is 1.67. The maximum Gasteiger partial charge on any atom is 0.274 e. The van der Waals surface area contributed by atoms with Crippen LogP contribution in [0.3, 0.4) is 0 Å². The Morgan fingerprint density at radius 2 is 1.80 bits per heavy atom. The molecule has 0 atom stereocenters. The van der Waals surface area contributed by atoms with Crippen LogP contribution in [0.2, 0.25) is 0 Å². The van der Waals surface area contributed by atoms with Crippen molar-refractivity contribution in [3.63, 3.8) is 0 Å². The minimum atomic E-state index is -0.532. The van der Waals surface area contributed by atoms with E-state index in [1.165, 1.54) is 21.6 Å². The number of aryl methyl sites for hydroxylation is 1. The standard InChI is InChI=1S/C39H43FN6O3/c1-25(2)11-13-44-15-17-45(18-16-44)30-9-10-36(41-22-30)42-34-21-29(23-43(3)38(34)48)31-5-4-6-35(32(31)24-47)46-14-12-27-19-28(26-7-8-26)20-33(40)37(27)39(46)49/h4-6,9-10,12,14,19-23,25-26,47H,7-8,11,13,15-18,24H2,1-3H3,(H,41,42). The molecule has 1 aliphatic heterocycles. The molecular formula is C39H43FN6O3. The number of benzene rings is 2. The summed E-state index contributed by atoms with van der Waals surface area (Å²) in [6.07, 6.45) is 8.46. The van der Waals surface area contributed by atoms with Gasteiger partial charge in [0.25, 0.3) is 11.1 Å². The molecule has 1 saturated carbocycles. The molecule has 0 bridgehead atoms. The van der Waals surface area contributed by atoms with Crippen LogP contribution in [-0.2, 0) is 13.7 Å². The van der Waals surface area contributed by atoms with Crippen LogP contribution in [0.25, 0.3) is 27.6 Å². The zero-order chi connectivity index (χ0) is 34.2. The Morgan fingerprint density at radius 3 is 2.49 bits per heavy atom. The van der Waals surface area contributed by atoms with Crippen molar-refractivity contribution in [3.05, 3.63) is 111 Å². The lowest BCUT2D eigenvalue weighted by molar-refractivity contribution is 0.243. The van der Waals surface area contributed by atoms with Gasteiger partial charge in [0.1, 0.15) is 17.3 Å². The minimum absolute atomic E-state index is 0.0252. The molecule has 10 heteroatoms. The summed E-state index contributed by atoms with van der Waals surface area (Å²) < 4.78 is 18.2. The summed E-state index contributed by atoms with van der Waals surface area (Å²) in [5.74, 6) is 1.08. The number of fused-ring (bicyclic) bond motifs is 1. The number of aromatic nitrogens is 3. The van der Waals surface area contributed by atoms with Gasteiger partial charge in [-0.3, -0.25) is 19.1 Å². The second kappa shape index (κ2) is 13.6. The van der Waals surface area contributed by atoms with Crippen molar-refractivity contribution in [1.82, 2.24) is 19.0 Å². The molecule has 3 aromatic heterocycles. The quantitative estimate of drug-likeness (QED) is 0.185. The van der Waals surface area contributed by atoms with E-state index < -0.39 is 11.4 Å². The van der Waals surface area contributed by atoms with Gasteiger partial charge < -0.3 is 19.9 Å². The van der Waals surface area contributed by atoms with E-state index in [1.54, 1.807) is 43.7 Å². The number of nitrogens with zero attached hydrogens (tertiary/aromatic N) is 5. The molecule has 0 amide bonds. The first-order valence-corrected chi connectivity index (χ1v) is 17.2. The van der Waals surface area contributed by atoms with Crippen molar-refractivity contribution >= 4 is 28.0 Å². The fourth-order valence-electron chi connectivity index (χ4n) is 6.83. The van der Waals surface area contributed by atoms with E-state index in [-0.39, 0.29) is 17.6 Å². The van der Waals surface area contributed by atoms with Crippen molar-refractivity contribution in [2.24, 2.45) is 13.0 Å². The molecule has 0 spiro atoms. The Bertz CT molecular complexity index is 2110. The molecule has 2 N–H and O–H groups in total. The summed E-state index contributed by atoms with van der Waals surface area (Å²) in [6, 6.07) is 16.1. The van der Waals surface area contributed by atoms with E-state index in [0.29, 0.717) is 51.1 Å². The van der Waals surface area contributed by atoms with Crippen LogP contribution in [0.4, 0.5) is 21.6 Å². The monoisotopic (exact) mass is 662 g/mol. The van der Waals surface area contributed by atoms with E-state index in [4.69, 9.17) is 0 Å². The van der Waals surface area contributed by atoms with Gasteiger partial charge in [-0.2, -0.15) is 0 Å². The number of aliphatic hydroxyl groups excluding tert-OH is 1. The number of rotatable bonds is 10. The molecule has 4 heterocycles. The SMILES string of the molecule is CC(C)CCN1CCN(c2ccc(Nc3cc(-c4cccc(-n5ccc6cc(C7CC7)cc(F)c6c5=O)c4CO)cn(C)c3=O)nc2)CC1. The van der Waals surface area contributed by atoms with Gasteiger partial charge in [-0.1, -0.05) is 32.0 Å². The van der Waals surface area contributed by atoms with Crippen LogP contribution in [0.15, 0.2) is 82.8 Å². The number of piperazine rings is 1. The van der Waals surface area contributed by atoms with Gasteiger partial charge in [0.2, 0.25) is 0 Å². The van der Waals surface area contributed by atoms with Crippen LogP contribution >= 0.6 is 0 Å². The zero-order valence-corrected chi connectivity index (χ0v) is 28.3. The Labute approximate surface area is 285 Å². The molecular weight excluding hydrogens is 619 g/mol. The first kappa shape index (κ1) is 32.7. The molecule has 1 saturated heterocycles. The third-order valence-corrected chi connectivity index (χ3v) is 9.86. The second-order valence-corrected chi connectivity index (χ2v) is 13.8. The van der Waals surface area contributed by atoms with E-state index in [2.05, 4.69) is 33.9 Å². The number of hydrogen-bond donors (Lipinski definition) is 2. The fraction of sp³-hybridized carbons (Fsp3) is 0.359. The molecule has 7 rings (SSSR count). The average molecular weight is 663 g/mol. The lowest BCUT2D eigenvalue weighted by Crippen LogP contribution is -2.46. The number of anilines is 3. The van der Waals surface area contributed by atoms with E-state index in [1.807, 2.05) is 30.5 Å². The summed E-state index contributed by atoms with van der Waals surface area (Å²) in [4.78, 5) is 36.4. The first-order valence-electron chi connectivity index (χ1n) is 17.2. The molecule has 2 fully saturated rings. The van der Waals surface area contributed by atoms with Crippen LogP contribution in [0.5, 0.6) is 0 Å². The van der Waals surface area contributed by atoms with E-state index in [0.717, 1.165) is 56.8 Å². The first-order chi connectivity index (χ1) is 23.7. The molecule has 0 unspecified atom stereocenters. The Hall–Kier alpha value is -4.80. The minimum Gasteiger partial charge on any atom is -0.392 e. The second-order valence-electron chi connectivity index (χ2n) is 13.8. The third-order valence-electron chi connectivity index (χ3n) is 9.86. The van der Waals surface area contributed by atoms with Gasteiger partial charge in [-0.25, -0.2) is 9.37 Å². The molecule has 254 valence electrons. The molecule has 1 aliphatic carbocycles. The van der Waals surface area contributed by atoms with Gasteiger partial charge in [0.15, 0.2) is 0 Å². The number of pyridine rings is 3. The number of aliphatic hydroxyl groups is 1. The Morgan fingerprint density at radius 1 is 1.00 bits per heavy atom. The number of halogens is 1. The lowest BCUT2D eigenvalue weighted by Gasteiger charge is -2.36. The molecule has 2 aromatic carbocycles. The maximum atomic E-state index is 15.3. The molecule has 2 aliphatic rings. The molecule has 49 heavy (non-hydrogen) atoms. The summed E-state index contributed by atoms with van der Waals surface area (Å²) in [5, 5.41) is 14.4. The molecule has 9 nitrogen and oxygen atoms in total. The smallest absolute Gasteiger partial charge is 0.274 e. The van der Waals surface area contributed by atoms with Crippen molar-refractivity contribution in [3.8, 4) is 16.8 Å². The van der Waals surface area contributed by atoms with Crippen molar-refractivity contribution in [2.75, 3.05) is 42.9 Å². The predicted octanol–water partition coefficient (Wildman–Crippen LogP) is 6.17. The summed E-state index contributed by atoms with van der Waals surface area (Å²) in [5.41, 5.74) is 3.81. The molecule has 0 radical (unpaired) electrons. The van der Waals surface area contributed by atoms with E-state index in [9.17, 15) is 14.7 Å². The van der Waals surface area contributed by atoms with Gasteiger partial charge in [0, 0.05) is 56.7 Å². The predicted molar refractivity (Wildman–Crippen MR) is 194 cm³/mol. The summed E-state index contributed by atoms with van der Waals surface area (Å²) in [6.45, 7) is 9.23. The Balaban J connectivity index is 1.15. The highest BCUT2D eigenvalue weighted by molar-refractivity contribution is 5.84. The normalized spacial score (nSPS) is 15.3. The van der Waals surface area contributed by atoms with Gasteiger partial charge in [0.05, 0.1) is 29.6 Å². The fourth-order valence-corrected chi connectivity index (χ4v) is 6.83. The van der Waals surface area contributed by atoms with Crippen LogP contribution in [0, 0.1) is 11.7 Å². The maximum absolute atomic E-state index is 15.3. The van der Waals surface area contributed by atoms with Gasteiger partial charge in [-0.15, -0.1) is 0 Å². The van der Waals surface area contributed by atoms with Gasteiger partial charge >= 0.3 is 0 Å². The topological polar surface area (TPSA) is 95.6 Å². The average Bonchev–Trinajstić information content (AvgIpc) is 3.95. The Kier molecular flexibility index (Phi) is 9.09. The lowest BCUT2D eigenvalue weighted by atomic mass is 9.98. The van der Waals surface area contributed by atoms with Gasteiger partial charge in [-0.05, 0) is 90.6 Å². The summed E-state index contributed by atoms with van der Waals surface area (Å²) >= 11 is 0. The van der Waals surface area contributed by atoms with E-state index >= 15 is 4.39 Å². The highest BCUT2D eigenvalue weighted by atomic mass is 19.1. The zero-order valence-electron chi connectivity index (χ0n) is 28.3.